The summed E-state index contributed by atoms with van der Waals surface area (Å²) < 4.78 is 10.7. The maximum Gasteiger partial charge on any atom is 0.414 e. The Balaban J connectivity index is 0.000000450. The molecule has 3 N–H and O–H groups in total. The number of carbonyl (C=O) groups is 3. The van der Waals surface area contributed by atoms with Crippen LogP contribution in [0, 0.1) is 0 Å². The van der Waals surface area contributed by atoms with Crippen LogP contribution in [-0.2, 0) is 30.5 Å². The van der Waals surface area contributed by atoms with Crippen LogP contribution in [0.3, 0.4) is 0 Å². The molecule has 2 atom stereocenters. The van der Waals surface area contributed by atoms with Crippen LogP contribution in [0.15, 0.2) is 30.3 Å². The first-order valence-corrected chi connectivity index (χ1v) is 7.97. The maximum atomic E-state index is 10.5. The van der Waals surface area contributed by atoms with Crippen molar-refractivity contribution in [1.29, 1.82) is 0 Å². The number of hydrogen-bond donors (Lipinski definition) is 3. The molecular formula is C17H23NO7. The van der Waals surface area contributed by atoms with Crippen molar-refractivity contribution in [1.82, 2.24) is 5.32 Å². The maximum absolute atomic E-state index is 10.5. The molecule has 0 amide bonds. The zero-order chi connectivity index (χ0) is 18.5. The summed E-state index contributed by atoms with van der Waals surface area (Å²) in [4.78, 5) is 28.7. The molecule has 2 rings (SSSR count). The van der Waals surface area contributed by atoms with Gasteiger partial charge in [0.1, 0.15) is 0 Å². The fourth-order valence-corrected chi connectivity index (χ4v) is 2.35. The molecule has 0 spiro atoms. The average Bonchev–Trinajstić information content (AvgIpc) is 2.62. The van der Waals surface area contributed by atoms with E-state index < -0.39 is 18.2 Å². The van der Waals surface area contributed by atoms with Crippen LogP contribution in [0.5, 0.6) is 0 Å². The van der Waals surface area contributed by atoms with Gasteiger partial charge in [-0.15, -0.1) is 0 Å². The van der Waals surface area contributed by atoms with Crippen LogP contribution in [0.4, 0.5) is 0 Å². The summed E-state index contributed by atoms with van der Waals surface area (Å²) in [6, 6.07) is 10.3. The summed E-state index contributed by atoms with van der Waals surface area (Å²) in [5, 5.41) is 18.2. The average molecular weight is 353 g/mol. The Bertz CT molecular complexity index is 517. The van der Waals surface area contributed by atoms with Gasteiger partial charge in [0.05, 0.1) is 6.61 Å². The normalized spacial score (nSPS) is 17.5. The summed E-state index contributed by atoms with van der Waals surface area (Å²) >= 11 is 0. The molecule has 1 fully saturated rings. The van der Waals surface area contributed by atoms with E-state index in [0.29, 0.717) is 25.5 Å². The molecule has 8 nitrogen and oxygen atoms in total. The Morgan fingerprint density at radius 3 is 2.40 bits per heavy atom. The molecule has 0 saturated carbocycles. The van der Waals surface area contributed by atoms with Crippen LogP contribution in [-0.4, -0.2) is 47.5 Å². The van der Waals surface area contributed by atoms with Crippen LogP contribution >= 0.6 is 0 Å². The third-order valence-electron chi connectivity index (χ3n) is 3.56. The predicted octanol–water partition coefficient (Wildman–Crippen LogP) is 1.39. The Morgan fingerprint density at radius 2 is 1.88 bits per heavy atom. The summed E-state index contributed by atoms with van der Waals surface area (Å²) in [5.41, 5.74) is 1.08. The van der Waals surface area contributed by atoms with Gasteiger partial charge in [-0.25, -0.2) is 9.59 Å². The molecule has 0 aliphatic carbocycles. The van der Waals surface area contributed by atoms with Crippen molar-refractivity contribution in [3.63, 3.8) is 0 Å². The molecule has 1 aromatic carbocycles. The molecular weight excluding hydrogens is 330 g/mol. The monoisotopic (exact) mass is 353 g/mol. The molecule has 0 aromatic heterocycles. The number of ether oxygens (including phenoxy) is 2. The van der Waals surface area contributed by atoms with Crippen molar-refractivity contribution >= 4 is 18.4 Å². The lowest BCUT2D eigenvalue weighted by molar-refractivity contribution is -0.170. The number of carboxylic acid groups (broad SMARTS) is 2. The molecule has 1 heterocycles. The van der Waals surface area contributed by atoms with Gasteiger partial charge < -0.3 is 25.0 Å². The highest BCUT2D eigenvalue weighted by molar-refractivity contribution is 6.27. The fraction of sp³-hybridized carbons (Fsp3) is 0.471. The molecule has 0 bridgehead atoms. The Kier molecular flexibility index (Phi) is 9.88. The lowest BCUT2D eigenvalue weighted by atomic mass is 10.0. The molecule has 1 aliphatic rings. The van der Waals surface area contributed by atoms with Crippen LogP contribution < -0.4 is 5.32 Å². The van der Waals surface area contributed by atoms with Crippen molar-refractivity contribution in [2.45, 2.75) is 44.6 Å². The van der Waals surface area contributed by atoms with Crippen LogP contribution in [0.25, 0.3) is 0 Å². The summed E-state index contributed by atoms with van der Waals surface area (Å²) in [6.45, 7) is 1.97. The number of carbonyl (C=O) groups excluding carboxylic acids is 1. The van der Waals surface area contributed by atoms with E-state index in [1.165, 1.54) is 12.8 Å². The SMILES string of the molecule is O=C(O)C(=O)O.O=COC(CC1CCCCN1)OCc1ccccc1. The van der Waals surface area contributed by atoms with Crippen molar-refractivity contribution in [2.75, 3.05) is 6.54 Å². The van der Waals surface area contributed by atoms with Crippen LogP contribution in [0.2, 0.25) is 0 Å². The molecule has 1 saturated heterocycles. The zero-order valence-electron chi connectivity index (χ0n) is 13.8. The van der Waals surface area contributed by atoms with Crippen molar-refractivity contribution in [3.8, 4) is 0 Å². The van der Waals surface area contributed by atoms with Crippen molar-refractivity contribution in [3.05, 3.63) is 35.9 Å². The van der Waals surface area contributed by atoms with E-state index in [4.69, 9.17) is 29.3 Å². The van der Waals surface area contributed by atoms with E-state index in [9.17, 15) is 4.79 Å². The quantitative estimate of drug-likeness (QED) is 0.382. The second-order valence-electron chi connectivity index (χ2n) is 5.45. The zero-order valence-corrected chi connectivity index (χ0v) is 13.8. The highest BCUT2D eigenvalue weighted by atomic mass is 16.7. The Morgan fingerprint density at radius 1 is 1.20 bits per heavy atom. The third kappa shape index (κ3) is 9.43. The van der Waals surface area contributed by atoms with Gasteiger partial charge in [0.15, 0.2) is 0 Å². The molecule has 138 valence electrons. The Labute approximate surface area is 145 Å². The highest BCUT2D eigenvalue weighted by Crippen LogP contribution is 2.15. The molecule has 25 heavy (non-hydrogen) atoms. The van der Waals surface area contributed by atoms with E-state index in [2.05, 4.69) is 5.32 Å². The smallest absolute Gasteiger partial charge is 0.414 e. The molecule has 0 radical (unpaired) electrons. The molecule has 2 unspecified atom stereocenters. The summed E-state index contributed by atoms with van der Waals surface area (Å²) in [6.07, 6.45) is 3.82. The van der Waals surface area contributed by atoms with Gasteiger partial charge in [0, 0.05) is 12.5 Å². The minimum absolute atomic E-state index is 0.384. The van der Waals surface area contributed by atoms with E-state index in [1.807, 2.05) is 30.3 Å². The summed E-state index contributed by atoms with van der Waals surface area (Å²) in [5.74, 6) is -3.65. The number of nitrogens with one attached hydrogen (secondary N) is 1. The van der Waals surface area contributed by atoms with E-state index >= 15 is 0 Å². The lowest BCUT2D eigenvalue weighted by Crippen LogP contribution is -2.38. The number of aliphatic carboxylic acids is 2. The van der Waals surface area contributed by atoms with Gasteiger partial charge in [-0.3, -0.25) is 4.79 Å². The van der Waals surface area contributed by atoms with Gasteiger partial charge in [-0.2, -0.15) is 0 Å². The minimum Gasteiger partial charge on any atom is -0.473 e. The second kappa shape index (κ2) is 12.0. The fourth-order valence-electron chi connectivity index (χ4n) is 2.35. The Hall–Kier alpha value is -2.45. The number of carboxylic acids is 2. The first-order chi connectivity index (χ1) is 12.0. The molecule has 1 aromatic rings. The largest absolute Gasteiger partial charge is 0.473 e. The van der Waals surface area contributed by atoms with Gasteiger partial charge in [0.25, 0.3) is 6.47 Å². The number of benzene rings is 1. The molecule has 1 aliphatic heterocycles. The third-order valence-corrected chi connectivity index (χ3v) is 3.56. The highest BCUT2D eigenvalue weighted by Gasteiger charge is 2.19. The van der Waals surface area contributed by atoms with Gasteiger partial charge >= 0.3 is 11.9 Å². The van der Waals surface area contributed by atoms with Gasteiger partial charge in [-0.1, -0.05) is 36.8 Å². The lowest BCUT2D eigenvalue weighted by Gasteiger charge is -2.26. The summed E-state index contributed by atoms with van der Waals surface area (Å²) in [7, 11) is 0. The predicted molar refractivity (Wildman–Crippen MR) is 87.7 cm³/mol. The first kappa shape index (κ1) is 20.6. The second-order valence-corrected chi connectivity index (χ2v) is 5.45. The number of rotatable bonds is 7. The van der Waals surface area contributed by atoms with E-state index in [-0.39, 0.29) is 0 Å². The van der Waals surface area contributed by atoms with Gasteiger partial charge in [0.2, 0.25) is 6.29 Å². The first-order valence-electron chi connectivity index (χ1n) is 7.97. The number of piperidine rings is 1. The van der Waals surface area contributed by atoms with Gasteiger partial charge in [-0.05, 0) is 24.9 Å². The number of hydrogen-bond acceptors (Lipinski definition) is 6. The van der Waals surface area contributed by atoms with E-state index in [1.54, 1.807) is 0 Å². The minimum atomic E-state index is -1.82. The molecule has 8 heteroatoms. The van der Waals surface area contributed by atoms with Crippen molar-refractivity contribution < 1.29 is 34.1 Å². The standard InChI is InChI=1S/C15H21NO3.C2H2O4/c17-12-19-15(10-14-8-4-5-9-16-14)18-11-13-6-2-1-3-7-13;3-1(4)2(5)6/h1-3,6-7,12,14-16H,4-5,8-11H2;(H,3,4)(H,5,6). The van der Waals surface area contributed by atoms with Crippen LogP contribution in [0.1, 0.15) is 31.2 Å². The van der Waals surface area contributed by atoms with Crippen molar-refractivity contribution in [2.24, 2.45) is 0 Å². The topological polar surface area (TPSA) is 122 Å². The van der Waals surface area contributed by atoms with E-state index in [0.717, 1.165) is 18.5 Å².